The predicted molar refractivity (Wildman–Crippen MR) is 77.1 cm³/mol. The number of benzene rings is 1. The molecule has 1 aromatic rings. The van der Waals surface area contributed by atoms with Crippen LogP contribution in [0, 0.1) is 27.7 Å². The summed E-state index contributed by atoms with van der Waals surface area (Å²) in [5, 5.41) is 3.21. The van der Waals surface area contributed by atoms with Gasteiger partial charge in [0.1, 0.15) is 0 Å². The van der Waals surface area contributed by atoms with E-state index in [9.17, 15) is 13.2 Å². The molecular formula is C16H24F3N. The first-order valence-electron chi connectivity index (χ1n) is 7.04. The number of hydrogen-bond donors (Lipinski definition) is 1. The van der Waals surface area contributed by atoms with Crippen molar-refractivity contribution in [3.8, 4) is 0 Å². The van der Waals surface area contributed by atoms with Gasteiger partial charge in [0.05, 0.1) is 0 Å². The predicted octanol–water partition coefficient (Wildman–Crippen LogP) is 4.91. The quantitative estimate of drug-likeness (QED) is 0.811. The molecule has 0 aliphatic rings. The van der Waals surface area contributed by atoms with E-state index in [1.165, 1.54) is 0 Å². The lowest BCUT2D eigenvalue weighted by molar-refractivity contribution is -0.136. The average molecular weight is 287 g/mol. The zero-order chi connectivity index (χ0) is 15.5. The van der Waals surface area contributed by atoms with Gasteiger partial charge in [-0.15, -0.1) is 0 Å². The van der Waals surface area contributed by atoms with E-state index in [1.54, 1.807) is 0 Å². The maximum atomic E-state index is 12.5. The molecule has 1 unspecified atom stereocenters. The normalized spacial score (nSPS) is 13.6. The lowest BCUT2D eigenvalue weighted by Crippen LogP contribution is -2.25. The van der Waals surface area contributed by atoms with Crippen LogP contribution in [0.1, 0.15) is 53.6 Å². The first-order chi connectivity index (χ1) is 9.17. The van der Waals surface area contributed by atoms with Crippen LogP contribution in [0.25, 0.3) is 0 Å². The average Bonchev–Trinajstić information content (AvgIpc) is 2.33. The van der Waals surface area contributed by atoms with E-state index in [0.29, 0.717) is 6.54 Å². The summed E-state index contributed by atoms with van der Waals surface area (Å²) in [6.07, 6.45) is -4.77. The monoisotopic (exact) mass is 287 g/mol. The molecule has 0 aliphatic heterocycles. The minimum atomic E-state index is -4.10. The second kappa shape index (κ2) is 6.61. The summed E-state index contributed by atoms with van der Waals surface area (Å²) in [4.78, 5) is 0. The second-order valence-corrected chi connectivity index (χ2v) is 5.44. The summed E-state index contributed by atoms with van der Waals surface area (Å²) in [5.74, 6) is 0. The van der Waals surface area contributed by atoms with Crippen molar-refractivity contribution in [2.75, 3.05) is 6.54 Å². The fraction of sp³-hybridized carbons (Fsp3) is 0.625. The van der Waals surface area contributed by atoms with E-state index < -0.39 is 12.6 Å². The van der Waals surface area contributed by atoms with Crippen LogP contribution in [0.2, 0.25) is 0 Å². The summed E-state index contributed by atoms with van der Waals surface area (Å²) in [6.45, 7) is 10.6. The number of hydrogen-bond acceptors (Lipinski definition) is 1. The van der Waals surface area contributed by atoms with E-state index in [1.807, 2.05) is 34.6 Å². The number of rotatable bonds is 5. The number of aryl methyl sites for hydroxylation is 2. The molecule has 1 rings (SSSR count). The van der Waals surface area contributed by atoms with E-state index in [-0.39, 0.29) is 12.5 Å². The van der Waals surface area contributed by atoms with Gasteiger partial charge in [-0.3, -0.25) is 0 Å². The van der Waals surface area contributed by atoms with E-state index in [0.717, 1.165) is 27.8 Å². The van der Waals surface area contributed by atoms with Gasteiger partial charge in [0.15, 0.2) is 0 Å². The molecule has 0 aliphatic carbocycles. The van der Waals surface area contributed by atoms with Crippen LogP contribution in [0.5, 0.6) is 0 Å². The Morgan fingerprint density at radius 2 is 1.55 bits per heavy atom. The van der Waals surface area contributed by atoms with Gasteiger partial charge in [0, 0.05) is 12.5 Å². The van der Waals surface area contributed by atoms with Crippen molar-refractivity contribution in [2.24, 2.45) is 0 Å². The van der Waals surface area contributed by atoms with Crippen LogP contribution in [0.3, 0.4) is 0 Å². The highest BCUT2D eigenvalue weighted by atomic mass is 19.4. The van der Waals surface area contributed by atoms with Crippen molar-refractivity contribution in [3.05, 3.63) is 33.9 Å². The molecule has 0 amide bonds. The van der Waals surface area contributed by atoms with E-state index in [4.69, 9.17) is 0 Å². The summed E-state index contributed by atoms with van der Waals surface area (Å²) in [5.41, 5.74) is 5.51. The molecular weight excluding hydrogens is 263 g/mol. The molecule has 0 bridgehead atoms. The number of halogens is 3. The molecule has 0 spiro atoms. The van der Waals surface area contributed by atoms with Crippen molar-refractivity contribution >= 4 is 0 Å². The van der Waals surface area contributed by atoms with Gasteiger partial charge in [-0.25, -0.2) is 0 Å². The van der Waals surface area contributed by atoms with Crippen molar-refractivity contribution in [1.82, 2.24) is 5.32 Å². The first-order valence-corrected chi connectivity index (χ1v) is 7.04. The minimum Gasteiger partial charge on any atom is -0.310 e. The topological polar surface area (TPSA) is 12.0 Å². The fourth-order valence-electron chi connectivity index (χ4n) is 2.67. The Labute approximate surface area is 119 Å². The molecule has 1 aromatic carbocycles. The molecule has 114 valence electrons. The summed E-state index contributed by atoms with van der Waals surface area (Å²) in [6, 6.07) is 1.86. The molecule has 1 nitrogen and oxygen atoms in total. The smallest absolute Gasteiger partial charge is 0.310 e. The van der Waals surface area contributed by atoms with Gasteiger partial charge in [-0.05, 0) is 68.5 Å². The van der Waals surface area contributed by atoms with Crippen LogP contribution in [0.4, 0.5) is 13.2 Å². The zero-order valence-corrected chi connectivity index (χ0v) is 12.9. The zero-order valence-electron chi connectivity index (χ0n) is 12.9. The highest BCUT2D eigenvalue weighted by Crippen LogP contribution is 2.33. The maximum Gasteiger partial charge on any atom is 0.389 e. The second-order valence-electron chi connectivity index (χ2n) is 5.44. The molecule has 0 radical (unpaired) electrons. The van der Waals surface area contributed by atoms with Gasteiger partial charge in [-0.1, -0.05) is 13.0 Å². The van der Waals surface area contributed by atoms with E-state index >= 15 is 0 Å². The molecule has 0 fully saturated rings. The summed E-state index contributed by atoms with van der Waals surface area (Å²) < 4.78 is 37.5. The number of nitrogens with one attached hydrogen (secondary N) is 1. The van der Waals surface area contributed by atoms with Crippen LogP contribution < -0.4 is 5.32 Å². The van der Waals surface area contributed by atoms with Gasteiger partial charge in [0.25, 0.3) is 0 Å². The Morgan fingerprint density at radius 1 is 1.05 bits per heavy atom. The van der Waals surface area contributed by atoms with Gasteiger partial charge < -0.3 is 5.32 Å². The minimum absolute atomic E-state index is 0.0852. The fourth-order valence-corrected chi connectivity index (χ4v) is 2.67. The Hall–Kier alpha value is -1.03. The lowest BCUT2D eigenvalue weighted by atomic mass is 9.88. The largest absolute Gasteiger partial charge is 0.389 e. The third-order valence-corrected chi connectivity index (χ3v) is 3.94. The van der Waals surface area contributed by atoms with Crippen molar-refractivity contribution in [1.29, 1.82) is 0 Å². The lowest BCUT2D eigenvalue weighted by Gasteiger charge is -2.25. The molecule has 4 heteroatoms. The summed E-state index contributed by atoms with van der Waals surface area (Å²) in [7, 11) is 0. The van der Waals surface area contributed by atoms with Crippen molar-refractivity contribution in [2.45, 2.75) is 59.7 Å². The Balaban J connectivity index is 3.14. The molecule has 0 aromatic heterocycles. The van der Waals surface area contributed by atoms with Crippen molar-refractivity contribution < 1.29 is 13.2 Å². The van der Waals surface area contributed by atoms with Crippen LogP contribution in [0.15, 0.2) is 6.07 Å². The van der Waals surface area contributed by atoms with Crippen LogP contribution in [-0.4, -0.2) is 12.7 Å². The Morgan fingerprint density at radius 3 is 1.95 bits per heavy atom. The van der Waals surface area contributed by atoms with Gasteiger partial charge >= 0.3 is 6.18 Å². The maximum absolute atomic E-state index is 12.5. The molecule has 0 heterocycles. The molecule has 0 saturated carbocycles. The highest BCUT2D eigenvalue weighted by molar-refractivity contribution is 5.45. The standard InChI is InChI=1S/C16H24F3N/c1-6-20-14(7-8-16(17,18)19)15-12(4)10(2)9-11(3)13(15)5/h9,14,20H,6-8H2,1-5H3. The van der Waals surface area contributed by atoms with E-state index in [2.05, 4.69) is 11.4 Å². The number of alkyl halides is 3. The Kier molecular flexibility index (Phi) is 5.63. The van der Waals surface area contributed by atoms with Crippen LogP contribution in [-0.2, 0) is 0 Å². The van der Waals surface area contributed by atoms with Crippen LogP contribution >= 0.6 is 0 Å². The van der Waals surface area contributed by atoms with Gasteiger partial charge in [-0.2, -0.15) is 13.2 Å². The third-order valence-electron chi connectivity index (χ3n) is 3.94. The Bertz CT molecular complexity index is 438. The summed E-state index contributed by atoms with van der Waals surface area (Å²) >= 11 is 0. The molecule has 20 heavy (non-hydrogen) atoms. The van der Waals surface area contributed by atoms with Gasteiger partial charge in [0.2, 0.25) is 0 Å². The SMILES string of the molecule is CCNC(CCC(F)(F)F)c1c(C)c(C)cc(C)c1C. The molecule has 1 atom stereocenters. The molecule has 1 N–H and O–H groups in total. The third kappa shape index (κ3) is 4.23. The highest BCUT2D eigenvalue weighted by Gasteiger charge is 2.29. The molecule has 0 saturated heterocycles. The first kappa shape index (κ1) is 17.0. The van der Waals surface area contributed by atoms with Crippen molar-refractivity contribution in [3.63, 3.8) is 0 Å².